The van der Waals surface area contributed by atoms with Crippen molar-refractivity contribution in [3.8, 4) is 5.75 Å². The summed E-state index contributed by atoms with van der Waals surface area (Å²) >= 11 is 3.28. The normalized spacial score (nSPS) is 9.47. The molecule has 0 unspecified atom stereocenters. The summed E-state index contributed by atoms with van der Waals surface area (Å²) in [6.45, 7) is 0.454. The van der Waals surface area contributed by atoms with Gasteiger partial charge in [-0.2, -0.15) is 0 Å². The molecule has 0 aliphatic heterocycles. The van der Waals surface area contributed by atoms with Crippen LogP contribution in [0.3, 0.4) is 0 Å². The van der Waals surface area contributed by atoms with E-state index in [1.165, 1.54) is 0 Å². The zero-order chi connectivity index (χ0) is 11.4. The van der Waals surface area contributed by atoms with Crippen LogP contribution in [0.15, 0.2) is 53.0 Å². The molecule has 4 heteroatoms. The molecule has 0 fully saturated rings. The number of hydrogen-bond donors (Lipinski definition) is 0. The van der Waals surface area contributed by atoms with Crippen molar-refractivity contribution in [2.24, 2.45) is 0 Å². The summed E-state index contributed by atoms with van der Waals surface area (Å²) in [5.74, 6) is 0.493. The van der Waals surface area contributed by atoms with Crippen LogP contribution in [-0.2, 0) is 6.61 Å². The van der Waals surface area contributed by atoms with Gasteiger partial charge in [0.2, 0.25) is 0 Å². The highest BCUT2D eigenvalue weighted by molar-refractivity contribution is 9.10. The lowest BCUT2D eigenvalue weighted by Gasteiger charge is -2.07. The molecule has 0 spiro atoms. The molecule has 0 aliphatic rings. The zero-order valence-corrected chi connectivity index (χ0v) is 10.6. The van der Waals surface area contributed by atoms with E-state index in [2.05, 4.69) is 15.9 Å². The molecule has 2 rings (SSSR count). The second kappa shape index (κ2) is 6.27. The van der Waals surface area contributed by atoms with E-state index in [1.54, 1.807) is 12.1 Å². The topological polar surface area (TPSA) is 62.0 Å². The first-order chi connectivity index (χ1) is 7.75. The molecule has 3 nitrogen and oxygen atoms in total. The maximum absolute atomic E-state index is 9.61. The molecular formula is C13H10BrN2O. The highest BCUT2D eigenvalue weighted by Gasteiger charge is 2.02. The Bertz CT molecular complexity index is 474. The molecule has 5 radical (unpaired) electrons. The molecule has 0 atom stereocenters. The quantitative estimate of drug-likeness (QED) is 0.855. The predicted molar refractivity (Wildman–Crippen MR) is 68.8 cm³/mol. The largest absolute Gasteiger partial charge is 0.487 e. The van der Waals surface area contributed by atoms with Gasteiger partial charge in [-0.1, -0.05) is 46.3 Å². The van der Waals surface area contributed by atoms with Crippen molar-refractivity contribution in [1.82, 2.24) is 11.9 Å². The summed E-state index contributed by atoms with van der Waals surface area (Å²) in [6.07, 6.45) is 0. The fourth-order valence-corrected chi connectivity index (χ4v) is 1.70. The Hall–Kier alpha value is -1.52. The average molecular weight is 290 g/mol. The number of ether oxygens (including phenoxy) is 1. The van der Waals surface area contributed by atoms with Crippen molar-refractivity contribution in [2.45, 2.75) is 6.61 Å². The summed E-state index contributed by atoms with van der Waals surface area (Å²) in [6, 6.07) is 15.0. The Morgan fingerprint density at radius 2 is 1.76 bits per heavy atom. The molecule has 0 N–H and O–H groups in total. The molecule has 0 aliphatic carbocycles. The molecule has 0 amide bonds. The fourth-order valence-electron chi connectivity index (χ4n) is 1.35. The van der Waals surface area contributed by atoms with Crippen LogP contribution in [0.25, 0.3) is 0 Å². The van der Waals surface area contributed by atoms with E-state index in [0.717, 1.165) is 10.0 Å². The molecule has 17 heavy (non-hydrogen) atoms. The van der Waals surface area contributed by atoms with Crippen LogP contribution in [0.4, 0.5) is 5.69 Å². The second-order valence-corrected chi connectivity index (χ2v) is 4.30. The Labute approximate surface area is 109 Å². The first-order valence-electron chi connectivity index (χ1n) is 4.91. The monoisotopic (exact) mass is 289 g/mol. The van der Waals surface area contributed by atoms with Crippen molar-refractivity contribution in [3.05, 3.63) is 58.6 Å². The summed E-state index contributed by atoms with van der Waals surface area (Å²) in [7, 11) is 0. The number of rotatable bonds is 3. The predicted octanol–water partition coefficient (Wildman–Crippen LogP) is 3.25. The van der Waals surface area contributed by atoms with Gasteiger partial charge in [-0.25, -0.2) is 0 Å². The second-order valence-electron chi connectivity index (χ2n) is 3.39. The summed E-state index contributed by atoms with van der Waals surface area (Å²) in [5.41, 5.74) is 10.8. The van der Waals surface area contributed by atoms with Crippen molar-refractivity contribution >= 4 is 21.6 Å². The van der Waals surface area contributed by atoms with Crippen LogP contribution in [0.2, 0.25) is 0 Å². The lowest BCUT2D eigenvalue weighted by molar-refractivity contribution is 0.307. The van der Waals surface area contributed by atoms with Gasteiger partial charge in [0.05, 0.1) is 0 Å². The van der Waals surface area contributed by atoms with Crippen LogP contribution in [-0.4, -0.2) is 0 Å². The third-order valence-corrected chi connectivity index (χ3v) is 2.65. The van der Waals surface area contributed by atoms with E-state index in [9.17, 15) is 5.73 Å². The Balaban J connectivity index is 0.00000144. The smallest absolute Gasteiger partial charge is 0.147 e. The molecule has 2 aromatic carbocycles. The molecule has 85 valence electrons. The van der Waals surface area contributed by atoms with Crippen molar-refractivity contribution in [2.75, 3.05) is 0 Å². The molecule has 0 heterocycles. The SMILES string of the molecule is [N].[N]c1cc(Br)ccc1OCc1ccccc1. The van der Waals surface area contributed by atoms with Gasteiger partial charge in [0.25, 0.3) is 0 Å². The zero-order valence-electron chi connectivity index (χ0n) is 9.01. The minimum atomic E-state index is 0. The van der Waals surface area contributed by atoms with Crippen molar-refractivity contribution in [1.29, 1.82) is 0 Å². The molecule has 2 aromatic rings. The standard InChI is InChI=1S/C13H10BrNO.N/c14-11-6-7-13(12(15)8-11)16-9-10-4-2-1-3-5-10;/h1-8H,9H2;. The minimum Gasteiger partial charge on any atom is -0.487 e. The van der Waals surface area contributed by atoms with Crippen LogP contribution in [0, 0.1) is 0 Å². The third kappa shape index (κ3) is 3.76. The van der Waals surface area contributed by atoms with Crippen LogP contribution in [0.5, 0.6) is 5.75 Å². The van der Waals surface area contributed by atoms with Gasteiger partial charge in [0.15, 0.2) is 0 Å². The van der Waals surface area contributed by atoms with Gasteiger partial charge < -0.3 is 4.74 Å². The number of hydrogen-bond acceptors (Lipinski definition) is 1. The van der Waals surface area contributed by atoms with Crippen LogP contribution in [0.1, 0.15) is 5.56 Å². The van der Waals surface area contributed by atoms with Gasteiger partial charge in [0, 0.05) is 10.6 Å². The third-order valence-electron chi connectivity index (χ3n) is 2.16. The lowest BCUT2D eigenvalue weighted by Crippen LogP contribution is -1.95. The first kappa shape index (κ1) is 13.5. The molecule has 0 aromatic heterocycles. The number of halogens is 1. The van der Waals surface area contributed by atoms with E-state index in [-0.39, 0.29) is 11.8 Å². The Morgan fingerprint density at radius 3 is 2.41 bits per heavy atom. The van der Waals surface area contributed by atoms with Gasteiger partial charge in [-0.05, 0) is 23.8 Å². The van der Waals surface area contributed by atoms with E-state index >= 15 is 0 Å². The van der Waals surface area contributed by atoms with Crippen LogP contribution < -0.4 is 16.6 Å². The molecule has 0 saturated carbocycles. The first-order valence-corrected chi connectivity index (χ1v) is 5.70. The highest BCUT2D eigenvalue weighted by Crippen LogP contribution is 2.27. The van der Waals surface area contributed by atoms with Gasteiger partial charge >= 0.3 is 0 Å². The van der Waals surface area contributed by atoms with E-state index in [4.69, 9.17) is 4.74 Å². The van der Waals surface area contributed by atoms with E-state index in [1.807, 2.05) is 36.4 Å². The Morgan fingerprint density at radius 1 is 1.06 bits per heavy atom. The van der Waals surface area contributed by atoms with E-state index < -0.39 is 0 Å². The summed E-state index contributed by atoms with van der Waals surface area (Å²) in [4.78, 5) is 0. The minimum absolute atomic E-state index is 0. The number of nitrogens with zero attached hydrogens (tertiary/aromatic N) is 2. The molecule has 0 saturated heterocycles. The fraction of sp³-hybridized carbons (Fsp3) is 0.0769. The molecule has 0 bridgehead atoms. The number of benzene rings is 2. The van der Waals surface area contributed by atoms with E-state index in [0.29, 0.717) is 12.4 Å². The Kier molecular flexibility index (Phi) is 5.00. The average Bonchev–Trinajstić information content (AvgIpc) is 2.29. The maximum Gasteiger partial charge on any atom is 0.147 e. The van der Waals surface area contributed by atoms with Crippen molar-refractivity contribution in [3.63, 3.8) is 0 Å². The van der Waals surface area contributed by atoms with Gasteiger partial charge in [0.1, 0.15) is 18.0 Å². The lowest BCUT2D eigenvalue weighted by atomic mass is 10.2. The van der Waals surface area contributed by atoms with Crippen LogP contribution >= 0.6 is 15.9 Å². The van der Waals surface area contributed by atoms with Gasteiger partial charge in [-0.3, -0.25) is 0 Å². The maximum atomic E-state index is 9.61. The summed E-state index contributed by atoms with van der Waals surface area (Å²) < 4.78 is 6.34. The van der Waals surface area contributed by atoms with Gasteiger partial charge in [-0.15, -0.1) is 5.73 Å². The van der Waals surface area contributed by atoms with Crippen molar-refractivity contribution < 1.29 is 4.74 Å². The highest BCUT2D eigenvalue weighted by atomic mass is 79.9. The molecular weight excluding hydrogens is 280 g/mol. The summed E-state index contributed by atoms with van der Waals surface area (Å²) in [5, 5.41) is 0.